The maximum Gasteiger partial charge on any atom is 0.234 e. The lowest BCUT2D eigenvalue weighted by atomic mass is 10.2. The lowest BCUT2D eigenvalue weighted by Crippen LogP contribution is -2.09. The van der Waals surface area contributed by atoms with Gasteiger partial charge in [0.2, 0.25) is 11.7 Å². The molecule has 0 fully saturated rings. The van der Waals surface area contributed by atoms with E-state index in [1.165, 1.54) is 7.11 Å². The summed E-state index contributed by atoms with van der Waals surface area (Å²) in [7, 11) is 4.57. The fraction of sp³-hybridized carbons (Fsp3) is 0.357. The second-order valence-corrected chi connectivity index (χ2v) is 4.23. The highest BCUT2D eigenvalue weighted by Gasteiger charge is 2.14. The van der Waals surface area contributed by atoms with Crippen molar-refractivity contribution in [1.82, 2.24) is 10.1 Å². The van der Waals surface area contributed by atoms with Crippen LogP contribution in [0.15, 0.2) is 22.7 Å². The maximum atomic E-state index is 11.5. The largest absolute Gasteiger partial charge is 0.493 e. The topological polar surface area (TPSA) is 83.7 Å². The van der Waals surface area contributed by atoms with Gasteiger partial charge in [-0.3, -0.25) is 4.79 Å². The third kappa shape index (κ3) is 3.57. The van der Waals surface area contributed by atoms with Crippen molar-refractivity contribution in [2.45, 2.75) is 6.42 Å². The van der Waals surface area contributed by atoms with Crippen LogP contribution in [-0.2, 0) is 16.0 Å². The highest BCUT2D eigenvalue weighted by molar-refractivity contribution is 5.81. The summed E-state index contributed by atoms with van der Waals surface area (Å²) in [6, 6.07) is 5.28. The van der Waals surface area contributed by atoms with Gasteiger partial charge in [-0.1, -0.05) is 5.16 Å². The van der Waals surface area contributed by atoms with E-state index in [9.17, 15) is 4.79 Å². The van der Waals surface area contributed by atoms with E-state index >= 15 is 0 Å². The summed E-state index contributed by atoms with van der Waals surface area (Å²) in [5.41, 5.74) is 0.710. The van der Waals surface area contributed by atoms with Crippen molar-refractivity contribution in [2.24, 2.45) is 0 Å². The number of methoxy groups -OCH3 is 3. The van der Waals surface area contributed by atoms with E-state index in [0.29, 0.717) is 22.9 Å². The van der Waals surface area contributed by atoms with Gasteiger partial charge in [-0.15, -0.1) is 0 Å². The first kappa shape index (κ1) is 15.0. The van der Waals surface area contributed by atoms with Crippen molar-refractivity contribution in [2.75, 3.05) is 27.9 Å². The van der Waals surface area contributed by atoms with Gasteiger partial charge in [0.05, 0.1) is 20.6 Å². The number of ether oxygens (including phenoxy) is 3. The minimum Gasteiger partial charge on any atom is -0.493 e. The summed E-state index contributed by atoms with van der Waals surface area (Å²) in [4.78, 5) is 15.6. The van der Waals surface area contributed by atoms with Crippen molar-refractivity contribution in [3.63, 3.8) is 0 Å². The fourth-order valence-corrected chi connectivity index (χ4v) is 1.80. The minimum atomic E-state index is -0.125. The van der Waals surface area contributed by atoms with E-state index in [0.717, 1.165) is 0 Å². The van der Waals surface area contributed by atoms with Crippen LogP contribution in [0.1, 0.15) is 5.89 Å². The van der Waals surface area contributed by atoms with Crippen molar-refractivity contribution >= 4 is 5.78 Å². The predicted octanol–water partition coefficient (Wildman–Crippen LogP) is 1.51. The molecule has 0 spiro atoms. The van der Waals surface area contributed by atoms with Crippen molar-refractivity contribution in [3.05, 3.63) is 24.1 Å². The van der Waals surface area contributed by atoms with Gasteiger partial charge in [-0.05, 0) is 18.2 Å². The normalized spacial score (nSPS) is 10.4. The predicted molar refractivity (Wildman–Crippen MR) is 73.4 cm³/mol. The molecule has 0 aliphatic heterocycles. The van der Waals surface area contributed by atoms with Gasteiger partial charge in [0.15, 0.2) is 17.3 Å². The van der Waals surface area contributed by atoms with E-state index in [-0.39, 0.29) is 24.7 Å². The highest BCUT2D eigenvalue weighted by Crippen LogP contribution is 2.31. The molecule has 0 radical (unpaired) electrons. The third-order valence-electron chi connectivity index (χ3n) is 2.76. The van der Waals surface area contributed by atoms with Gasteiger partial charge in [0, 0.05) is 12.7 Å². The van der Waals surface area contributed by atoms with Crippen LogP contribution in [0.25, 0.3) is 11.4 Å². The zero-order valence-corrected chi connectivity index (χ0v) is 12.1. The lowest BCUT2D eigenvalue weighted by Gasteiger charge is -2.07. The van der Waals surface area contributed by atoms with E-state index in [1.807, 2.05) is 0 Å². The Morgan fingerprint density at radius 2 is 1.95 bits per heavy atom. The zero-order chi connectivity index (χ0) is 15.2. The molecule has 2 aromatic rings. The van der Waals surface area contributed by atoms with Crippen LogP contribution in [0.5, 0.6) is 11.5 Å². The van der Waals surface area contributed by atoms with Gasteiger partial charge in [-0.25, -0.2) is 0 Å². The molecule has 2 rings (SSSR count). The molecule has 0 bridgehead atoms. The zero-order valence-electron chi connectivity index (χ0n) is 12.1. The number of nitrogens with zero attached hydrogens (tertiary/aromatic N) is 2. The average molecular weight is 292 g/mol. The van der Waals surface area contributed by atoms with Crippen molar-refractivity contribution in [1.29, 1.82) is 0 Å². The van der Waals surface area contributed by atoms with Crippen LogP contribution >= 0.6 is 0 Å². The quantitative estimate of drug-likeness (QED) is 0.764. The Kier molecular flexibility index (Phi) is 4.89. The molecule has 0 atom stereocenters. The summed E-state index contributed by atoms with van der Waals surface area (Å²) in [5.74, 6) is 1.69. The molecule has 7 heteroatoms. The number of carbonyl (C=O) groups excluding carboxylic acids is 1. The van der Waals surface area contributed by atoms with Crippen LogP contribution in [0, 0.1) is 0 Å². The number of hydrogen-bond donors (Lipinski definition) is 0. The second kappa shape index (κ2) is 6.85. The smallest absolute Gasteiger partial charge is 0.234 e. The number of Topliss-reactive ketones (excluding diaryl/α,β-unsaturated/α-hetero) is 1. The summed E-state index contributed by atoms with van der Waals surface area (Å²) >= 11 is 0. The lowest BCUT2D eigenvalue weighted by molar-refractivity contribution is -0.122. The number of hydrogen-bond acceptors (Lipinski definition) is 7. The summed E-state index contributed by atoms with van der Waals surface area (Å²) in [6.45, 7) is 0.0219. The second-order valence-electron chi connectivity index (χ2n) is 4.23. The molecule has 0 saturated heterocycles. The van der Waals surface area contributed by atoms with Crippen molar-refractivity contribution in [3.8, 4) is 22.9 Å². The van der Waals surface area contributed by atoms with Crippen molar-refractivity contribution < 1.29 is 23.5 Å². The molecule has 7 nitrogen and oxygen atoms in total. The summed E-state index contributed by atoms with van der Waals surface area (Å²) in [5, 5.41) is 3.86. The first-order valence-corrected chi connectivity index (χ1v) is 6.23. The Morgan fingerprint density at radius 3 is 2.62 bits per heavy atom. The van der Waals surface area contributed by atoms with E-state index in [2.05, 4.69) is 10.1 Å². The first-order valence-electron chi connectivity index (χ1n) is 6.23. The molecule has 1 aromatic heterocycles. The average Bonchev–Trinajstić information content (AvgIpc) is 2.95. The molecule has 0 aliphatic rings. The minimum absolute atomic E-state index is 0.0219. The van der Waals surface area contributed by atoms with E-state index in [4.69, 9.17) is 18.7 Å². The summed E-state index contributed by atoms with van der Waals surface area (Å²) in [6.07, 6.45) is 0.0497. The Morgan fingerprint density at radius 1 is 1.19 bits per heavy atom. The monoisotopic (exact) mass is 292 g/mol. The van der Waals surface area contributed by atoms with Crippen LogP contribution in [0.2, 0.25) is 0 Å². The number of benzene rings is 1. The standard InChI is InChI=1S/C14H16N2O5/c1-18-8-10(17)7-13-15-14(16-21-13)9-4-5-11(19-2)12(6-9)20-3/h4-6H,7-8H2,1-3H3. The van der Waals surface area contributed by atoms with Crippen LogP contribution in [-0.4, -0.2) is 43.9 Å². The Bertz CT molecular complexity index is 624. The molecular formula is C14H16N2O5. The molecule has 21 heavy (non-hydrogen) atoms. The van der Waals surface area contributed by atoms with Crippen LogP contribution in [0.4, 0.5) is 0 Å². The number of ketones is 1. The SMILES string of the molecule is COCC(=O)Cc1nc(-c2ccc(OC)c(OC)c2)no1. The Labute approximate surface area is 121 Å². The maximum absolute atomic E-state index is 11.5. The van der Waals surface area contributed by atoms with E-state index < -0.39 is 0 Å². The van der Waals surface area contributed by atoms with Gasteiger partial charge in [0.1, 0.15) is 6.61 Å². The van der Waals surface area contributed by atoms with Gasteiger partial charge in [0.25, 0.3) is 0 Å². The first-order chi connectivity index (χ1) is 10.2. The van der Waals surface area contributed by atoms with Crippen LogP contribution < -0.4 is 9.47 Å². The van der Waals surface area contributed by atoms with Gasteiger partial charge < -0.3 is 18.7 Å². The van der Waals surface area contributed by atoms with E-state index in [1.54, 1.807) is 32.4 Å². The van der Waals surface area contributed by atoms with Gasteiger partial charge >= 0.3 is 0 Å². The molecule has 1 heterocycles. The molecule has 112 valence electrons. The Hall–Kier alpha value is -2.41. The molecule has 1 aromatic carbocycles. The number of rotatable bonds is 7. The molecule has 0 N–H and O–H groups in total. The fourth-order valence-electron chi connectivity index (χ4n) is 1.80. The highest BCUT2D eigenvalue weighted by atomic mass is 16.5. The molecule has 0 aliphatic carbocycles. The number of aromatic nitrogens is 2. The van der Waals surface area contributed by atoms with Crippen LogP contribution in [0.3, 0.4) is 0 Å². The number of carbonyl (C=O) groups is 1. The molecule has 0 unspecified atom stereocenters. The van der Waals surface area contributed by atoms with Gasteiger partial charge in [-0.2, -0.15) is 4.98 Å². The molecular weight excluding hydrogens is 276 g/mol. The molecule has 0 saturated carbocycles. The molecule has 0 amide bonds. The Balaban J connectivity index is 2.19. The third-order valence-corrected chi connectivity index (χ3v) is 2.76. The summed E-state index contributed by atoms with van der Waals surface area (Å²) < 4.78 is 20.2.